The first-order valence-corrected chi connectivity index (χ1v) is 31.8. The van der Waals surface area contributed by atoms with Crippen LogP contribution in [0.1, 0.15) is 300 Å². The molecule has 0 radical (unpaired) electrons. The molecule has 76 heavy (non-hydrogen) atoms. The van der Waals surface area contributed by atoms with Crippen molar-refractivity contribution in [3.8, 4) is 0 Å². The van der Waals surface area contributed by atoms with Crippen LogP contribution in [0, 0.1) is 0 Å². The molecule has 0 aromatic rings. The highest BCUT2D eigenvalue weighted by molar-refractivity contribution is 5.70. The lowest BCUT2D eigenvalue weighted by Gasteiger charge is -2.36. The Labute approximate surface area is 467 Å². The molecular weight excluding hydrogens is 969 g/mol. The Kier molecular flexibility index (Phi) is 50.7. The zero-order valence-electron chi connectivity index (χ0n) is 51.2. The molecule has 0 aliphatic rings. The predicted molar refractivity (Wildman–Crippen MR) is 306 cm³/mol. The number of hydrogen-bond acceptors (Lipinski definition) is 14. The Morgan fingerprint density at radius 3 is 0.658 bits per heavy atom. The molecule has 2 atom stereocenters. The lowest BCUT2D eigenvalue weighted by Crippen LogP contribution is -2.44. The van der Waals surface area contributed by atoms with Crippen LogP contribution in [0.5, 0.6) is 0 Å². The highest BCUT2D eigenvalue weighted by Crippen LogP contribution is 2.33. The Hall–Kier alpha value is -1.46. The maximum atomic E-state index is 13.7. The van der Waals surface area contributed by atoms with E-state index in [1.807, 2.05) is 13.8 Å². The quantitative estimate of drug-likeness (QED) is 0.0323. The van der Waals surface area contributed by atoms with Gasteiger partial charge in [0.25, 0.3) is 11.9 Å². The van der Waals surface area contributed by atoms with Gasteiger partial charge in [-0.05, 0) is 90.9 Å². The maximum Gasteiger partial charge on any atom is 0.329 e. The van der Waals surface area contributed by atoms with Gasteiger partial charge in [0.15, 0.2) is 0 Å². The number of carbonyl (C=O) groups excluding carboxylic acids is 2. The Balaban J connectivity index is 5.98. The van der Waals surface area contributed by atoms with Crippen molar-refractivity contribution in [3.05, 3.63) is 0 Å². The number of carbonyl (C=O) groups is 2. The number of hydrogen-bond donors (Lipinski definition) is 0. The van der Waals surface area contributed by atoms with Crippen molar-refractivity contribution in [2.45, 2.75) is 324 Å². The molecule has 0 heterocycles. The van der Waals surface area contributed by atoms with Gasteiger partial charge in [-0.3, -0.25) is 9.59 Å². The molecule has 14 heteroatoms. The van der Waals surface area contributed by atoms with Crippen LogP contribution in [0.2, 0.25) is 0 Å². The van der Waals surface area contributed by atoms with Crippen LogP contribution >= 0.6 is 0 Å². The fraction of sp³-hybridized carbons (Fsp3) is 0.968. The molecule has 0 fully saturated rings. The summed E-state index contributed by atoms with van der Waals surface area (Å²) in [6.07, 6.45) is 29.7. The van der Waals surface area contributed by atoms with Crippen LogP contribution in [0.15, 0.2) is 0 Å². The zero-order valence-corrected chi connectivity index (χ0v) is 51.2. The van der Waals surface area contributed by atoms with Gasteiger partial charge in [0.2, 0.25) is 0 Å². The molecule has 0 bridgehead atoms. The number of ether oxygens (including phenoxy) is 12. The van der Waals surface area contributed by atoms with Gasteiger partial charge in [-0.2, -0.15) is 0 Å². The van der Waals surface area contributed by atoms with Gasteiger partial charge in [-0.15, -0.1) is 0 Å². The third kappa shape index (κ3) is 39.0. The Bertz CT molecular complexity index is 1120. The van der Waals surface area contributed by atoms with Gasteiger partial charge in [0.05, 0.1) is 66.1 Å². The van der Waals surface area contributed by atoms with E-state index in [0.29, 0.717) is 117 Å². The number of rotatable bonds is 61. The van der Waals surface area contributed by atoms with Gasteiger partial charge in [0.1, 0.15) is 0 Å². The minimum Gasteiger partial charge on any atom is -0.408 e. The minimum absolute atomic E-state index is 0.191. The van der Waals surface area contributed by atoms with Crippen molar-refractivity contribution in [2.75, 3.05) is 66.1 Å². The summed E-state index contributed by atoms with van der Waals surface area (Å²) >= 11 is 0. The third-order valence-electron chi connectivity index (χ3n) is 13.3. The summed E-state index contributed by atoms with van der Waals surface area (Å²) in [5.74, 6) is -6.24. The fourth-order valence-electron chi connectivity index (χ4n) is 8.74. The largest absolute Gasteiger partial charge is 0.408 e. The smallest absolute Gasteiger partial charge is 0.329 e. The molecule has 0 N–H and O–H groups in total. The van der Waals surface area contributed by atoms with Gasteiger partial charge in [-0.25, -0.2) is 0 Å². The van der Waals surface area contributed by atoms with E-state index in [1.54, 1.807) is 0 Å². The molecule has 0 saturated carbocycles. The van der Waals surface area contributed by atoms with Crippen LogP contribution in [-0.4, -0.2) is 102 Å². The van der Waals surface area contributed by atoms with Gasteiger partial charge in [-0.1, -0.05) is 171 Å². The van der Waals surface area contributed by atoms with Crippen LogP contribution in [0.4, 0.5) is 0 Å². The summed E-state index contributed by atoms with van der Waals surface area (Å²) in [5.41, 5.74) is 0. The molecule has 0 spiro atoms. The summed E-state index contributed by atoms with van der Waals surface area (Å²) < 4.78 is 76.7. The van der Waals surface area contributed by atoms with Gasteiger partial charge >= 0.3 is 23.9 Å². The molecule has 0 rings (SSSR count). The van der Waals surface area contributed by atoms with E-state index < -0.39 is 23.9 Å². The second-order valence-electron chi connectivity index (χ2n) is 20.6. The molecular formula is C62H122O14. The standard InChI is InChI=1S/C62H122O14/c1-11-21-33-49-67-59(68-50-34-22-12-2,69-51-35-23-13-3)45-41-47-61(65-19-9,73-55-39-27-17-7)75-57(63)43-31-29-30-32-44-58(64)76-62(66-20-10,74-56-40-28-18-8)48-42-46-60(70-52-36-24-14-4,71-53-37-25-15-5)72-54-38-26-16-6/h11-56H2,1-10H3. The summed E-state index contributed by atoms with van der Waals surface area (Å²) in [4.78, 5) is 27.4. The molecule has 0 amide bonds. The highest BCUT2D eigenvalue weighted by atomic mass is 16.9. The predicted octanol–water partition coefficient (Wildman–Crippen LogP) is 17.1. The minimum atomic E-state index is -1.54. The summed E-state index contributed by atoms with van der Waals surface area (Å²) in [6.45, 7) is 25.8. The van der Waals surface area contributed by atoms with Crippen LogP contribution in [-0.2, 0) is 66.4 Å². The highest BCUT2D eigenvalue weighted by Gasteiger charge is 2.42. The Morgan fingerprint density at radius 2 is 0.447 bits per heavy atom. The molecule has 0 aromatic carbocycles. The maximum absolute atomic E-state index is 13.7. The van der Waals surface area contributed by atoms with Gasteiger partial charge in [0, 0.05) is 38.5 Å². The molecule has 2 unspecified atom stereocenters. The van der Waals surface area contributed by atoms with Crippen molar-refractivity contribution >= 4 is 11.9 Å². The van der Waals surface area contributed by atoms with E-state index in [4.69, 9.17) is 56.8 Å². The van der Waals surface area contributed by atoms with Gasteiger partial charge < -0.3 is 56.8 Å². The monoisotopic (exact) mass is 1090 g/mol. The number of esters is 2. The molecule has 0 saturated heterocycles. The second kappa shape index (κ2) is 51.7. The van der Waals surface area contributed by atoms with Crippen molar-refractivity contribution in [3.63, 3.8) is 0 Å². The summed E-state index contributed by atoms with van der Waals surface area (Å²) in [5, 5.41) is 0. The normalized spacial score (nSPS) is 13.8. The second-order valence-corrected chi connectivity index (χ2v) is 20.6. The molecule has 0 aliphatic heterocycles. The first kappa shape index (κ1) is 74.5. The zero-order chi connectivity index (χ0) is 56.2. The average molecular weight is 1090 g/mol. The van der Waals surface area contributed by atoms with Crippen LogP contribution in [0.25, 0.3) is 0 Å². The lowest BCUT2D eigenvalue weighted by molar-refractivity contribution is -0.391. The SMILES string of the molecule is CCCCCOC(CCCC(OCC)(OCCCCC)OC(=O)CCCCCCC(=O)OC(CCCC(OCCCCC)(OCCCCC)OCCCCC)(OCC)OCCCCC)(OCCCCC)OCCCCC. The van der Waals surface area contributed by atoms with Crippen molar-refractivity contribution < 1.29 is 66.4 Å². The van der Waals surface area contributed by atoms with Crippen molar-refractivity contribution in [1.82, 2.24) is 0 Å². The molecule has 454 valence electrons. The Morgan fingerprint density at radius 1 is 0.237 bits per heavy atom. The van der Waals surface area contributed by atoms with Crippen molar-refractivity contribution in [2.24, 2.45) is 0 Å². The molecule has 14 nitrogen and oxygen atoms in total. The van der Waals surface area contributed by atoms with Crippen LogP contribution in [0.3, 0.4) is 0 Å². The lowest BCUT2D eigenvalue weighted by atomic mass is 10.1. The third-order valence-corrected chi connectivity index (χ3v) is 13.3. The topological polar surface area (TPSA) is 145 Å². The molecule has 0 aliphatic carbocycles. The van der Waals surface area contributed by atoms with E-state index in [2.05, 4.69) is 55.4 Å². The van der Waals surface area contributed by atoms with E-state index >= 15 is 0 Å². The average Bonchev–Trinajstić information content (AvgIpc) is 3.40. The summed E-state index contributed by atoms with van der Waals surface area (Å²) in [7, 11) is 0. The van der Waals surface area contributed by atoms with Crippen molar-refractivity contribution in [1.29, 1.82) is 0 Å². The fourth-order valence-corrected chi connectivity index (χ4v) is 8.74. The van der Waals surface area contributed by atoms with E-state index in [1.165, 1.54) is 0 Å². The molecule has 0 aromatic heterocycles. The first-order chi connectivity index (χ1) is 37.0. The first-order valence-electron chi connectivity index (χ1n) is 31.8. The summed E-state index contributed by atoms with van der Waals surface area (Å²) in [6, 6.07) is 0. The number of unbranched alkanes of at least 4 members (excludes halogenated alkanes) is 19. The van der Waals surface area contributed by atoms with E-state index in [0.717, 1.165) is 167 Å². The van der Waals surface area contributed by atoms with E-state index in [9.17, 15) is 9.59 Å². The van der Waals surface area contributed by atoms with Crippen LogP contribution < -0.4 is 0 Å². The van der Waals surface area contributed by atoms with E-state index in [-0.39, 0.29) is 24.8 Å².